The molecule has 0 bridgehead atoms. The lowest BCUT2D eigenvalue weighted by atomic mass is 9.90. The van der Waals surface area contributed by atoms with Gasteiger partial charge in [-0.3, -0.25) is 9.88 Å². The summed E-state index contributed by atoms with van der Waals surface area (Å²) in [4.78, 5) is 10.1. The van der Waals surface area contributed by atoms with Gasteiger partial charge in [-0.1, -0.05) is 6.08 Å². The van der Waals surface area contributed by atoms with Crippen LogP contribution in [0, 0.1) is 5.82 Å². The lowest BCUT2D eigenvalue weighted by molar-refractivity contribution is -0.0714. The number of fused-ring (bicyclic) bond motifs is 3. The van der Waals surface area contributed by atoms with Crippen LogP contribution < -0.4 is 0 Å². The number of nitrogens with one attached hydrogen (secondary N) is 1. The number of rotatable bonds is 3. The summed E-state index contributed by atoms with van der Waals surface area (Å²) >= 11 is 0. The summed E-state index contributed by atoms with van der Waals surface area (Å²) in [5, 5.41) is 0. The van der Waals surface area contributed by atoms with Crippen molar-refractivity contribution in [2.75, 3.05) is 13.1 Å². The van der Waals surface area contributed by atoms with E-state index in [0.29, 0.717) is 0 Å². The molecule has 3 aliphatic heterocycles. The van der Waals surface area contributed by atoms with Gasteiger partial charge in [-0.15, -0.1) is 0 Å². The summed E-state index contributed by atoms with van der Waals surface area (Å²) < 4.78 is 25.6. The Morgan fingerprint density at radius 2 is 1.87 bits per heavy atom. The monoisotopic (exact) mass is 417 g/mol. The van der Waals surface area contributed by atoms with Gasteiger partial charge < -0.3 is 14.5 Å². The average molecular weight is 417 g/mol. The number of halogens is 1. The number of aromatic amines is 1. The molecule has 2 saturated heterocycles. The van der Waals surface area contributed by atoms with Crippen LogP contribution in [0.15, 0.2) is 61.1 Å². The Hall–Kier alpha value is -2.80. The van der Waals surface area contributed by atoms with E-state index in [-0.39, 0.29) is 30.4 Å². The second-order valence-corrected chi connectivity index (χ2v) is 8.47. The average Bonchev–Trinajstić information content (AvgIpc) is 3.47. The van der Waals surface area contributed by atoms with E-state index in [9.17, 15) is 4.39 Å². The molecule has 4 unspecified atom stereocenters. The second-order valence-electron chi connectivity index (χ2n) is 8.47. The number of pyridine rings is 1. The highest BCUT2D eigenvalue weighted by Crippen LogP contribution is 2.42. The first-order chi connectivity index (χ1) is 15.2. The molecule has 0 saturated carbocycles. The number of nitrogens with zero attached hydrogens (tertiary/aromatic N) is 2. The molecular weight excluding hydrogens is 393 g/mol. The first-order valence-corrected chi connectivity index (χ1v) is 10.8. The maximum Gasteiger partial charge on any atom is 0.155 e. The predicted molar refractivity (Wildman–Crippen MR) is 117 cm³/mol. The van der Waals surface area contributed by atoms with Gasteiger partial charge in [-0.2, -0.15) is 0 Å². The van der Waals surface area contributed by atoms with E-state index in [4.69, 9.17) is 9.47 Å². The standard InChI is InChI=1S/C25H24FN3O2/c1-15-30-22-14-29-11-8-18(12-21(29)25(22)31-15)20-13-28-24(17-2-4-19(26)5-3-17)23(20)16-6-9-27-10-7-16/h2-7,9-10,12-13,15,21-22,25,28H,8,11,14H2,1H3. The number of ether oxygens (including phenoxy) is 2. The molecule has 5 nitrogen and oxygen atoms in total. The van der Waals surface area contributed by atoms with Crippen LogP contribution in [0.3, 0.4) is 0 Å². The molecular formula is C25H24FN3O2. The zero-order chi connectivity index (χ0) is 20.9. The maximum atomic E-state index is 13.5. The van der Waals surface area contributed by atoms with Crippen molar-refractivity contribution < 1.29 is 13.9 Å². The van der Waals surface area contributed by atoms with Crippen molar-refractivity contribution in [3.8, 4) is 22.4 Å². The first-order valence-electron chi connectivity index (χ1n) is 10.8. The van der Waals surface area contributed by atoms with Gasteiger partial charge in [0.1, 0.15) is 18.0 Å². The fourth-order valence-electron chi connectivity index (χ4n) is 5.23. The van der Waals surface area contributed by atoms with Gasteiger partial charge in [0, 0.05) is 42.8 Å². The molecule has 1 aromatic carbocycles. The zero-order valence-corrected chi connectivity index (χ0v) is 17.3. The van der Waals surface area contributed by atoms with Gasteiger partial charge >= 0.3 is 0 Å². The second kappa shape index (κ2) is 7.41. The number of aromatic nitrogens is 2. The number of H-pyrrole nitrogens is 1. The Bertz CT molecular complexity index is 1130. The van der Waals surface area contributed by atoms with Crippen molar-refractivity contribution in [3.63, 3.8) is 0 Å². The molecule has 4 atom stereocenters. The summed E-state index contributed by atoms with van der Waals surface area (Å²) in [6.45, 7) is 3.88. The Labute approximate surface area is 180 Å². The Balaban J connectivity index is 1.45. The molecule has 0 radical (unpaired) electrons. The Morgan fingerprint density at radius 1 is 1.06 bits per heavy atom. The molecule has 5 heterocycles. The van der Waals surface area contributed by atoms with E-state index in [1.165, 1.54) is 23.3 Å². The molecule has 0 spiro atoms. The lowest BCUT2D eigenvalue weighted by Crippen LogP contribution is -2.38. The van der Waals surface area contributed by atoms with Crippen LogP contribution >= 0.6 is 0 Å². The van der Waals surface area contributed by atoms with Gasteiger partial charge in [0.25, 0.3) is 0 Å². The van der Waals surface area contributed by atoms with Crippen molar-refractivity contribution in [3.05, 3.63) is 72.4 Å². The van der Waals surface area contributed by atoms with Crippen molar-refractivity contribution in [2.45, 2.75) is 37.9 Å². The zero-order valence-electron chi connectivity index (χ0n) is 17.3. The SMILES string of the molecule is CC1OC2CN3CCC(c4c[nH]c(-c5ccc(F)cc5)c4-c4ccncc4)=CC3C2O1. The predicted octanol–water partition coefficient (Wildman–Crippen LogP) is 4.48. The van der Waals surface area contributed by atoms with Crippen LogP contribution in [0.1, 0.15) is 18.9 Å². The minimum atomic E-state index is -0.236. The third-order valence-electron chi connectivity index (χ3n) is 6.62. The highest BCUT2D eigenvalue weighted by atomic mass is 19.1. The molecule has 3 aromatic rings. The third-order valence-corrected chi connectivity index (χ3v) is 6.62. The minimum absolute atomic E-state index is 0.0881. The summed E-state index contributed by atoms with van der Waals surface area (Å²) in [5.41, 5.74) is 6.65. The lowest BCUT2D eigenvalue weighted by Gasteiger charge is -2.31. The van der Waals surface area contributed by atoms with Crippen LogP contribution in [-0.2, 0) is 9.47 Å². The summed E-state index contributed by atoms with van der Waals surface area (Å²) in [6, 6.07) is 10.9. The van der Waals surface area contributed by atoms with E-state index >= 15 is 0 Å². The highest BCUT2D eigenvalue weighted by Gasteiger charge is 2.48. The molecule has 0 amide bonds. The largest absolute Gasteiger partial charge is 0.360 e. The van der Waals surface area contributed by atoms with E-state index in [1.54, 1.807) is 0 Å². The van der Waals surface area contributed by atoms with Crippen molar-refractivity contribution in [2.24, 2.45) is 0 Å². The van der Waals surface area contributed by atoms with Gasteiger partial charge in [-0.05, 0) is 66.4 Å². The Morgan fingerprint density at radius 3 is 2.68 bits per heavy atom. The van der Waals surface area contributed by atoms with Gasteiger partial charge in [0.15, 0.2) is 6.29 Å². The number of benzene rings is 1. The fraction of sp³-hybridized carbons (Fsp3) is 0.320. The maximum absolute atomic E-state index is 13.5. The van der Waals surface area contributed by atoms with Crippen LogP contribution in [0.2, 0.25) is 0 Å². The molecule has 2 aromatic heterocycles. The number of hydrogen-bond acceptors (Lipinski definition) is 4. The fourth-order valence-corrected chi connectivity index (χ4v) is 5.23. The molecule has 2 fully saturated rings. The van der Waals surface area contributed by atoms with E-state index < -0.39 is 0 Å². The molecule has 6 rings (SSSR count). The van der Waals surface area contributed by atoms with E-state index in [1.807, 2.05) is 43.6 Å². The normalized spacial score (nSPS) is 27.7. The molecule has 31 heavy (non-hydrogen) atoms. The minimum Gasteiger partial charge on any atom is -0.360 e. The van der Waals surface area contributed by atoms with Crippen molar-refractivity contribution in [1.29, 1.82) is 0 Å². The van der Waals surface area contributed by atoms with Gasteiger partial charge in [0.05, 0.1) is 11.7 Å². The van der Waals surface area contributed by atoms with Crippen LogP contribution in [0.4, 0.5) is 4.39 Å². The van der Waals surface area contributed by atoms with Crippen LogP contribution in [0.25, 0.3) is 28.0 Å². The van der Waals surface area contributed by atoms with Gasteiger partial charge in [-0.25, -0.2) is 4.39 Å². The van der Waals surface area contributed by atoms with E-state index in [2.05, 4.69) is 27.1 Å². The summed E-state index contributed by atoms with van der Waals surface area (Å²) in [6.07, 6.45) is 9.12. The molecule has 3 aliphatic rings. The molecule has 1 N–H and O–H groups in total. The van der Waals surface area contributed by atoms with E-state index in [0.717, 1.165) is 41.9 Å². The molecule has 6 heteroatoms. The topological polar surface area (TPSA) is 50.4 Å². The molecule has 0 aliphatic carbocycles. The smallest absolute Gasteiger partial charge is 0.155 e. The summed E-state index contributed by atoms with van der Waals surface area (Å²) in [7, 11) is 0. The third kappa shape index (κ3) is 3.22. The van der Waals surface area contributed by atoms with Crippen LogP contribution in [0.5, 0.6) is 0 Å². The number of hydrogen-bond donors (Lipinski definition) is 1. The Kier molecular flexibility index (Phi) is 4.52. The quantitative estimate of drug-likeness (QED) is 0.683. The summed E-state index contributed by atoms with van der Waals surface area (Å²) in [5.74, 6) is -0.236. The first kappa shape index (κ1) is 18.9. The van der Waals surface area contributed by atoms with Gasteiger partial charge in [0.2, 0.25) is 0 Å². The molecule has 158 valence electrons. The van der Waals surface area contributed by atoms with Crippen molar-refractivity contribution >= 4 is 5.57 Å². The van der Waals surface area contributed by atoms with Crippen LogP contribution in [-0.4, -0.2) is 52.5 Å². The van der Waals surface area contributed by atoms with Crippen molar-refractivity contribution in [1.82, 2.24) is 14.9 Å². The highest BCUT2D eigenvalue weighted by molar-refractivity contribution is 5.91.